The predicted molar refractivity (Wildman–Crippen MR) is 77.2 cm³/mol. The van der Waals surface area contributed by atoms with E-state index in [0.717, 1.165) is 26.0 Å². The number of hydrogen-bond donors (Lipinski definition) is 2. The van der Waals surface area contributed by atoms with Gasteiger partial charge in [0.05, 0.1) is 6.10 Å². The molecule has 1 aliphatic rings. The average Bonchev–Trinajstić information content (AvgIpc) is 2.99. The molecule has 5 heteroatoms. The van der Waals surface area contributed by atoms with Crippen molar-refractivity contribution in [3.8, 4) is 5.75 Å². The van der Waals surface area contributed by atoms with E-state index in [0.29, 0.717) is 24.5 Å². The quantitative estimate of drug-likeness (QED) is 0.736. The second kappa shape index (κ2) is 7.87. The van der Waals surface area contributed by atoms with Gasteiger partial charge in [0.2, 0.25) is 0 Å². The Morgan fingerprint density at radius 1 is 1.45 bits per heavy atom. The number of carbonyl (C=O) groups excluding carboxylic acids is 1. The third-order valence-corrected chi connectivity index (χ3v) is 3.22. The zero-order valence-electron chi connectivity index (χ0n) is 11.9. The third-order valence-electron chi connectivity index (χ3n) is 3.22. The summed E-state index contributed by atoms with van der Waals surface area (Å²) in [5, 5.41) is 5.83. The smallest absolute Gasteiger partial charge is 0.251 e. The van der Waals surface area contributed by atoms with Gasteiger partial charge in [0, 0.05) is 25.3 Å². The van der Waals surface area contributed by atoms with Crippen LogP contribution in [0.25, 0.3) is 0 Å². The Morgan fingerprint density at radius 2 is 2.35 bits per heavy atom. The first-order valence-electron chi connectivity index (χ1n) is 7.07. The molecule has 5 nitrogen and oxygen atoms in total. The van der Waals surface area contributed by atoms with Crippen molar-refractivity contribution in [2.45, 2.75) is 18.9 Å². The minimum atomic E-state index is -0.0807. The minimum Gasteiger partial charge on any atom is -0.491 e. The van der Waals surface area contributed by atoms with Crippen molar-refractivity contribution in [3.63, 3.8) is 0 Å². The fourth-order valence-corrected chi connectivity index (χ4v) is 2.10. The lowest BCUT2D eigenvalue weighted by Crippen LogP contribution is -2.30. The van der Waals surface area contributed by atoms with E-state index in [1.807, 2.05) is 19.2 Å². The molecule has 0 aliphatic carbocycles. The van der Waals surface area contributed by atoms with Crippen LogP contribution in [0.4, 0.5) is 0 Å². The van der Waals surface area contributed by atoms with Crippen LogP contribution in [0.1, 0.15) is 23.2 Å². The highest BCUT2D eigenvalue weighted by Gasteiger charge is 2.16. The van der Waals surface area contributed by atoms with Crippen LogP contribution in [0.3, 0.4) is 0 Å². The zero-order chi connectivity index (χ0) is 14.2. The van der Waals surface area contributed by atoms with E-state index in [1.54, 1.807) is 12.1 Å². The zero-order valence-corrected chi connectivity index (χ0v) is 11.9. The molecule has 1 heterocycles. The Hall–Kier alpha value is -1.59. The second-order valence-electron chi connectivity index (χ2n) is 4.83. The molecule has 0 aromatic heterocycles. The van der Waals surface area contributed by atoms with Crippen LogP contribution in [0.5, 0.6) is 5.75 Å². The van der Waals surface area contributed by atoms with Gasteiger partial charge in [0.1, 0.15) is 12.4 Å². The molecule has 1 unspecified atom stereocenters. The number of ether oxygens (including phenoxy) is 2. The Labute approximate surface area is 119 Å². The summed E-state index contributed by atoms with van der Waals surface area (Å²) in [6, 6.07) is 7.24. The van der Waals surface area contributed by atoms with E-state index in [9.17, 15) is 4.79 Å². The molecule has 2 N–H and O–H groups in total. The Kier molecular flexibility index (Phi) is 5.83. The van der Waals surface area contributed by atoms with Gasteiger partial charge in [-0.15, -0.1) is 0 Å². The number of benzene rings is 1. The lowest BCUT2D eigenvalue weighted by atomic mass is 10.2. The largest absolute Gasteiger partial charge is 0.491 e. The summed E-state index contributed by atoms with van der Waals surface area (Å²) in [5.74, 6) is 0.629. The SMILES string of the molecule is CNCCNC(=O)c1cccc(OCC2CCCO2)c1. The monoisotopic (exact) mass is 278 g/mol. The molecule has 1 aromatic carbocycles. The molecular weight excluding hydrogens is 256 g/mol. The van der Waals surface area contributed by atoms with Crippen molar-refractivity contribution in [2.24, 2.45) is 0 Å². The molecule has 1 saturated heterocycles. The fraction of sp³-hybridized carbons (Fsp3) is 0.533. The van der Waals surface area contributed by atoms with Crippen molar-refractivity contribution >= 4 is 5.91 Å². The van der Waals surface area contributed by atoms with Gasteiger partial charge in [0.25, 0.3) is 5.91 Å². The summed E-state index contributed by atoms with van der Waals surface area (Å²) < 4.78 is 11.2. The van der Waals surface area contributed by atoms with Crippen LogP contribution < -0.4 is 15.4 Å². The molecule has 1 amide bonds. The van der Waals surface area contributed by atoms with Gasteiger partial charge in [-0.2, -0.15) is 0 Å². The average molecular weight is 278 g/mol. The van der Waals surface area contributed by atoms with Crippen LogP contribution in [-0.2, 0) is 4.74 Å². The van der Waals surface area contributed by atoms with E-state index >= 15 is 0 Å². The normalized spacial score (nSPS) is 17.9. The molecular formula is C15H22N2O3. The number of amides is 1. The number of hydrogen-bond acceptors (Lipinski definition) is 4. The molecule has 1 fully saturated rings. The first kappa shape index (κ1) is 14.8. The van der Waals surface area contributed by atoms with Crippen molar-refractivity contribution < 1.29 is 14.3 Å². The van der Waals surface area contributed by atoms with Crippen LogP contribution >= 0.6 is 0 Å². The van der Waals surface area contributed by atoms with Crippen molar-refractivity contribution in [3.05, 3.63) is 29.8 Å². The van der Waals surface area contributed by atoms with Gasteiger partial charge in [-0.1, -0.05) is 6.07 Å². The highest BCUT2D eigenvalue weighted by molar-refractivity contribution is 5.94. The molecule has 0 spiro atoms. The van der Waals surface area contributed by atoms with E-state index in [1.165, 1.54) is 0 Å². The summed E-state index contributed by atoms with van der Waals surface area (Å²) >= 11 is 0. The number of carbonyl (C=O) groups is 1. The lowest BCUT2D eigenvalue weighted by Gasteiger charge is -2.12. The molecule has 1 atom stereocenters. The van der Waals surface area contributed by atoms with Gasteiger partial charge < -0.3 is 20.1 Å². The Balaban J connectivity index is 1.84. The topological polar surface area (TPSA) is 59.6 Å². The summed E-state index contributed by atoms with van der Waals surface area (Å²) in [6.45, 7) is 2.73. The number of nitrogens with one attached hydrogen (secondary N) is 2. The molecule has 1 aliphatic heterocycles. The summed E-state index contributed by atoms with van der Waals surface area (Å²) in [6.07, 6.45) is 2.33. The third kappa shape index (κ3) is 4.51. The molecule has 110 valence electrons. The van der Waals surface area contributed by atoms with Crippen LogP contribution in [0, 0.1) is 0 Å². The summed E-state index contributed by atoms with van der Waals surface area (Å²) in [7, 11) is 1.85. The lowest BCUT2D eigenvalue weighted by molar-refractivity contribution is 0.0679. The molecule has 2 rings (SSSR count). The fourth-order valence-electron chi connectivity index (χ4n) is 2.10. The van der Waals surface area contributed by atoms with E-state index in [2.05, 4.69) is 10.6 Å². The molecule has 1 aromatic rings. The van der Waals surface area contributed by atoms with Crippen LogP contribution in [0.2, 0.25) is 0 Å². The minimum absolute atomic E-state index is 0.0807. The van der Waals surface area contributed by atoms with E-state index in [-0.39, 0.29) is 12.0 Å². The molecule has 0 radical (unpaired) electrons. The number of rotatable bonds is 7. The summed E-state index contributed by atoms with van der Waals surface area (Å²) in [5.41, 5.74) is 0.617. The van der Waals surface area contributed by atoms with Crippen LogP contribution in [-0.4, -0.2) is 45.4 Å². The van der Waals surface area contributed by atoms with Gasteiger partial charge >= 0.3 is 0 Å². The van der Waals surface area contributed by atoms with E-state index in [4.69, 9.17) is 9.47 Å². The molecule has 0 bridgehead atoms. The Morgan fingerprint density at radius 3 is 3.10 bits per heavy atom. The summed E-state index contributed by atoms with van der Waals surface area (Å²) in [4.78, 5) is 11.9. The van der Waals surface area contributed by atoms with Gasteiger partial charge in [-0.25, -0.2) is 0 Å². The molecule has 20 heavy (non-hydrogen) atoms. The number of likely N-dealkylation sites (N-methyl/N-ethyl adjacent to an activating group) is 1. The Bertz CT molecular complexity index is 431. The van der Waals surface area contributed by atoms with E-state index < -0.39 is 0 Å². The van der Waals surface area contributed by atoms with Gasteiger partial charge in [-0.05, 0) is 38.1 Å². The highest BCUT2D eigenvalue weighted by Crippen LogP contribution is 2.17. The highest BCUT2D eigenvalue weighted by atomic mass is 16.5. The second-order valence-corrected chi connectivity index (χ2v) is 4.83. The van der Waals surface area contributed by atoms with Crippen LogP contribution in [0.15, 0.2) is 24.3 Å². The van der Waals surface area contributed by atoms with Crippen molar-refractivity contribution in [1.82, 2.24) is 10.6 Å². The maximum atomic E-state index is 11.9. The molecule has 0 saturated carbocycles. The maximum Gasteiger partial charge on any atom is 0.251 e. The standard InChI is InChI=1S/C15H22N2O3/c1-16-7-8-17-15(18)12-4-2-5-13(10-12)20-11-14-6-3-9-19-14/h2,4-5,10,14,16H,3,6-9,11H2,1H3,(H,17,18). The first-order valence-corrected chi connectivity index (χ1v) is 7.07. The predicted octanol–water partition coefficient (Wildman–Crippen LogP) is 1.19. The van der Waals surface area contributed by atoms with Gasteiger partial charge in [0.15, 0.2) is 0 Å². The van der Waals surface area contributed by atoms with Crippen molar-refractivity contribution in [2.75, 3.05) is 33.4 Å². The maximum absolute atomic E-state index is 11.9. The van der Waals surface area contributed by atoms with Crippen molar-refractivity contribution in [1.29, 1.82) is 0 Å². The first-order chi connectivity index (χ1) is 9.79. The van der Waals surface area contributed by atoms with Gasteiger partial charge in [-0.3, -0.25) is 4.79 Å².